The van der Waals surface area contributed by atoms with E-state index in [1.165, 1.54) is 18.5 Å². The first kappa shape index (κ1) is 13.7. The maximum atomic E-state index is 12.8. The summed E-state index contributed by atoms with van der Waals surface area (Å²) in [6.45, 7) is 1.16. The number of carbonyl (C=O) groups excluding carboxylic acids is 1. The van der Waals surface area contributed by atoms with Gasteiger partial charge in [0.15, 0.2) is 0 Å². The highest BCUT2D eigenvalue weighted by atomic mass is 19.1. The van der Waals surface area contributed by atoms with Crippen molar-refractivity contribution in [2.75, 3.05) is 6.54 Å². The number of amides is 1. The van der Waals surface area contributed by atoms with Gasteiger partial charge in [0.05, 0.1) is 12.5 Å². The number of aryl methyl sites for hydroxylation is 1. The Morgan fingerprint density at radius 2 is 2.19 bits per heavy atom. The maximum Gasteiger partial charge on any atom is 0.225 e. The first-order valence-electron chi connectivity index (χ1n) is 7.11. The van der Waals surface area contributed by atoms with Crippen molar-refractivity contribution in [3.63, 3.8) is 0 Å². The van der Waals surface area contributed by atoms with E-state index in [4.69, 9.17) is 0 Å². The predicted octanol–water partition coefficient (Wildman–Crippen LogP) is 1.34. The molecule has 3 rings (SSSR count). The van der Waals surface area contributed by atoms with Crippen LogP contribution < -0.4 is 5.32 Å². The van der Waals surface area contributed by atoms with Crippen molar-refractivity contribution in [3.8, 4) is 0 Å². The Balaban J connectivity index is 1.48. The molecule has 1 atom stereocenters. The molecule has 1 unspecified atom stereocenters. The highest BCUT2D eigenvalue weighted by molar-refractivity contribution is 5.78. The van der Waals surface area contributed by atoms with Crippen molar-refractivity contribution in [2.24, 2.45) is 5.92 Å². The fourth-order valence-electron chi connectivity index (χ4n) is 2.58. The third-order valence-corrected chi connectivity index (χ3v) is 3.80. The molecule has 0 aliphatic carbocycles. The first-order valence-corrected chi connectivity index (χ1v) is 7.11. The molecule has 6 heteroatoms. The Morgan fingerprint density at radius 3 is 3.00 bits per heavy atom. The van der Waals surface area contributed by atoms with Gasteiger partial charge in [0.25, 0.3) is 0 Å². The number of halogens is 1. The third-order valence-electron chi connectivity index (χ3n) is 3.80. The van der Waals surface area contributed by atoms with E-state index in [1.54, 1.807) is 16.8 Å². The van der Waals surface area contributed by atoms with E-state index in [0.717, 1.165) is 24.2 Å². The van der Waals surface area contributed by atoms with Gasteiger partial charge >= 0.3 is 0 Å². The van der Waals surface area contributed by atoms with E-state index in [9.17, 15) is 9.18 Å². The fourth-order valence-corrected chi connectivity index (χ4v) is 2.58. The Morgan fingerprint density at radius 1 is 1.38 bits per heavy atom. The van der Waals surface area contributed by atoms with E-state index >= 15 is 0 Å². The van der Waals surface area contributed by atoms with E-state index in [1.807, 2.05) is 0 Å². The van der Waals surface area contributed by atoms with Crippen LogP contribution in [0.15, 0.2) is 30.6 Å². The number of aromatic nitrogens is 3. The SMILES string of the molecule is O=C(NCCc1ccc(F)cc1)C1CCc2ncnn2C1. The minimum atomic E-state index is -0.242. The van der Waals surface area contributed by atoms with Crippen LogP contribution in [0.4, 0.5) is 4.39 Å². The van der Waals surface area contributed by atoms with Crippen LogP contribution in [-0.4, -0.2) is 27.2 Å². The largest absolute Gasteiger partial charge is 0.355 e. The zero-order valence-electron chi connectivity index (χ0n) is 11.6. The summed E-state index contributed by atoms with van der Waals surface area (Å²) in [5.74, 6) is 0.713. The van der Waals surface area contributed by atoms with E-state index in [-0.39, 0.29) is 17.6 Å². The first-order chi connectivity index (χ1) is 10.2. The lowest BCUT2D eigenvalue weighted by Gasteiger charge is -2.21. The molecule has 0 bridgehead atoms. The van der Waals surface area contributed by atoms with Crippen LogP contribution in [0, 0.1) is 11.7 Å². The monoisotopic (exact) mass is 288 g/mol. The number of rotatable bonds is 4. The summed E-state index contributed by atoms with van der Waals surface area (Å²) < 4.78 is 14.6. The highest BCUT2D eigenvalue weighted by Crippen LogP contribution is 2.17. The minimum absolute atomic E-state index is 0.0487. The molecule has 1 N–H and O–H groups in total. The lowest BCUT2D eigenvalue weighted by molar-refractivity contribution is -0.126. The van der Waals surface area contributed by atoms with Crippen molar-refractivity contribution < 1.29 is 9.18 Å². The van der Waals surface area contributed by atoms with Gasteiger partial charge in [0, 0.05) is 13.0 Å². The molecule has 0 saturated heterocycles. The van der Waals surface area contributed by atoms with Gasteiger partial charge in [0.1, 0.15) is 18.0 Å². The second kappa shape index (κ2) is 6.03. The molecular formula is C15H17FN4O. The number of fused-ring (bicyclic) bond motifs is 1. The molecule has 2 heterocycles. The standard InChI is InChI=1S/C15H17FN4O/c16-13-4-1-11(2-5-13)7-8-17-15(21)12-3-6-14-18-10-19-20(14)9-12/h1-2,4-5,10,12H,3,6-9H2,(H,17,21). The Kier molecular flexibility index (Phi) is 3.94. The molecule has 1 aliphatic rings. The quantitative estimate of drug-likeness (QED) is 0.923. The van der Waals surface area contributed by atoms with Gasteiger partial charge < -0.3 is 5.32 Å². The van der Waals surface area contributed by atoms with Gasteiger partial charge in [-0.25, -0.2) is 14.1 Å². The summed E-state index contributed by atoms with van der Waals surface area (Å²) in [4.78, 5) is 16.3. The lowest BCUT2D eigenvalue weighted by atomic mass is 9.99. The van der Waals surface area contributed by atoms with Crippen LogP contribution in [0.2, 0.25) is 0 Å². The van der Waals surface area contributed by atoms with Gasteiger partial charge in [0.2, 0.25) is 5.91 Å². The van der Waals surface area contributed by atoms with Gasteiger partial charge in [-0.05, 0) is 30.5 Å². The van der Waals surface area contributed by atoms with Crippen molar-refractivity contribution in [1.82, 2.24) is 20.1 Å². The molecule has 5 nitrogen and oxygen atoms in total. The minimum Gasteiger partial charge on any atom is -0.355 e. The van der Waals surface area contributed by atoms with Gasteiger partial charge in [-0.2, -0.15) is 5.10 Å². The number of carbonyl (C=O) groups is 1. The van der Waals surface area contributed by atoms with Gasteiger partial charge in [-0.3, -0.25) is 4.79 Å². The molecule has 110 valence electrons. The molecule has 1 aromatic carbocycles. The van der Waals surface area contributed by atoms with Crippen LogP contribution in [0.25, 0.3) is 0 Å². The maximum absolute atomic E-state index is 12.8. The molecule has 1 amide bonds. The number of nitrogens with one attached hydrogen (secondary N) is 1. The van der Waals surface area contributed by atoms with E-state index in [0.29, 0.717) is 19.5 Å². The Hall–Kier alpha value is -2.24. The second-order valence-corrected chi connectivity index (χ2v) is 5.26. The average molecular weight is 288 g/mol. The molecular weight excluding hydrogens is 271 g/mol. The summed E-state index contributed by atoms with van der Waals surface area (Å²) in [6, 6.07) is 6.35. The van der Waals surface area contributed by atoms with Crippen molar-refractivity contribution in [1.29, 1.82) is 0 Å². The summed E-state index contributed by atoms with van der Waals surface area (Å²) in [5.41, 5.74) is 1.01. The second-order valence-electron chi connectivity index (χ2n) is 5.26. The molecule has 1 aromatic heterocycles. The summed E-state index contributed by atoms with van der Waals surface area (Å²) in [6.07, 6.45) is 3.83. The fraction of sp³-hybridized carbons (Fsp3) is 0.400. The van der Waals surface area contributed by atoms with Crippen LogP contribution in [0.1, 0.15) is 17.8 Å². The molecule has 0 spiro atoms. The van der Waals surface area contributed by atoms with Crippen molar-refractivity contribution in [2.45, 2.75) is 25.8 Å². The number of hydrogen-bond acceptors (Lipinski definition) is 3. The Labute approximate surface area is 122 Å². The van der Waals surface area contributed by atoms with Gasteiger partial charge in [-0.15, -0.1) is 0 Å². The molecule has 0 fully saturated rings. The smallest absolute Gasteiger partial charge is 0.225 e. The molecule has 21 heavy (non-hydrogen) atoms. The zero-order valence-corrected chi connectivity index (χ0v) is 11.6. The molecule has 0 saturated carbocycles. The molecule has 2 aromatic rings. The lowest BCUT2D eigenvalue weighted by Crippen LogP contribution is -2.37. The average Bonchev–Trinajstić information content (AvgIpc) is 2.96. The zero-order chi connectivity index (χ0) is 14.7. The molecule has 0 radical (unpaired) electrons. The van der Waals surface area contributed by atoms with E-state index < -0.39 is 0 Å². The number of benzene rings is 1. The summed E-state index contributed by atoms with van der Waals surface area (Å²) in [5, 5.41) is 7.06. The van der Waals surface area contributed by atoms with Crippen LogP contribution >= 0.6 is 0 Å². The predicted molar refractivity (Wildman–Crippen MR) is 74.9 cm³/mol. The number of hydrogen-bond donors (Lipinski definition) is 1. The van der Waals surface area contributed by atoms with Crippen LogP contribution in [-0.2, 0) is 24.2 Å². The van der Waals surface area contributed by atoms with Crippen molar-refractivity contribution in [3.05, 3.63) is 47.8 Å². The summed E-state index contributed by atoms with van der Waals surface area (Å²) in [7, 11) is 0. The summed E-state index contributed by atoms with van der Waals surface area (Å²) >= 11 is 0. The van der Waals surface area contributed by atoms with Crippen LogP contribution in [0.5, 0.6) is 0 Å². The molecule has 1 aliphatic heterocycles. The Bertz CT molecular complexity index is 623. The topological polar surface area (TPSA) is 59.8 Å². The highest BCUT2D eigenvalue weighted by Gasteiger charge is 2.25. The van der Waals surface area contributed by atoms with E-state index in [2.05, 4.69) is 15.4 Å². The van der Waals surface area contributed by atoms with Crippen molar-refractivity contribution >= 4 is 5.91 Å². The number of nitrogens with zero attached hydrogens (tertiary/aromatic N) is 3. The van der Waals surface area contributed by atoms with Crippen LogP contribution in [0.3, 0.4) is 0 Å². The normalized spacial score (nSPS) is 17.3. The van der Waals surface area contributed by atoms with Gasteiger partial charge in [-0.1, -0.05) is 12.1 Å². The third kappa shape index (κ3) is 3.26.